The van der Waals surface area contributed by atoms with Crippen molar-refractivity contribution in [1.29, 1.82) is 0 Å². The third kappa shape index (κ3) is 6.35. The van der Waals surface area contributed by atoms with Crippen LogP contribution in [0.1, 0.15) is 31.1 Å². The van der Waals surface area contributed by atoms with Crippen LogP contribution in [-0.2, 0) is 19.5 Å². The maximum absolute atomic E-state index is 13.9. The molecule has 11 nitrogen and oxygen atoms in total. The first-order valence-corrected chi connectivity index (χ1v) is 17.7. The number of rotatable bonds is 8. The van der Waals surface area contributed by atoms with Crippen molar-refractivity contribution < 1.29 is 35.9 Å². The number of pyridine rings is 1. The van der Waals surface area contributed by atoms with Gasteiger partial charge in [0.2, 0.25) is 15.9 Å². The Balaban J connectivity index is 1.46. The van der Waals surface area contributed by atoms with Crippen LogP contribution in [0.15, 0.2) is 87.8 Å². The zero-order valence-electron chi connectivity index (χ0n) is 28.1. The molecule has 0 radical (unpaired) electrons. The van der Waals surface area contributed by atoms with Gasteiger partial charge in [0.05, 0.1) is 30.7 Å². The molecule has 50 heavy (non-hydrogen) atoms. The molecule has 3 aromatic carbocycles. The second kappa shape index (κ2) is 12.3. The lowest BCUT2D eigenvalue weighted by Crippen LogP contribution is -2.51. The highest BCUT2D eigenvalue weighted by atomic mass is 32.2. The molecule has 1 amide bonds. The minimum absolute atomic E-state index is 0.0186. The fourth-order valence-electron chi connectivity index (χ4n) is 6.04. The fraction of sp³-hybridized carbons (Fsp3) is 0.270. The van der Waals surface area contributed by atoms with E-state index in [1.54, 1.807) is 30.5 Å². The summed E-state index contributed by atoms with van der Waals surface area (Å²) in [7, 11) is -2.42. The van der Waals surface area contributed by atoms with Crippen LogP contribution < -0.4 is 9.62 Å². The van der Waals surface area contributed by atoms with Gasteiger partial charge in [0.1, 0.15) is 17.2 Å². The van der Waals surface area contributed by atoms with Gasteiger partial charge >= 0.3 is 0 Å². The van der Waals surface area contributed by atoms with Crippen LogP contribution in [0.3, 0.4) is 0 Å². The second-order valence-corrected chi connectivity index (χ2v) is 15.1. The minimum atomic E-state index is -3.92. The number of carbonyl (C=O) groups is 1. The van der Waals surface area contributed by atoms with E-state index in [-0.39, 0.29) is 36.7 Å². The lowest BCUT2D eigenvalue weighted by atomic mass is 9.90. The SMILES string of the molecule is CNC(=O)c1c(-c2ccc(F)cc2)oc2cc(N(CC3(C)COC(C)(C)OC3)S(C)(=O)=O)c(-c3cccc(-c4nc5ncccc5o4)c3)cc12. The monoisotopic (exact) mass is 698 g/mol. The molecule has 0 unspecified atom stereocenters. The molecule has 13 heteroatoms. The van der Waals surface area contributed by atoms with Crippen molar-refractivity contribution in [2.75, 3.05) is 37.4 Å². The third-order valence-corrected chi connectivity index (χ3v) is 9.81. The van der Waals surface area contributed by atoms with Crippen LogP contribution in [0.4, 0.5) is 10.1 Å². The van der Waals surface area contributed by atoms with Crippen LogP contribution in [0.25, 0.3) is 56.1 Å². The molecule has 1 aliphatic rings. The molecular weight excluding hydrogens is 663 g/mol. The van der Waals surface area contributed by atoms with Crippen LogP contribution in [0, 0.1) is 11.2 Å². The number of oxazole rings is 1. The Hall–Kier alpha value is -5.11. The van der Waals surface area contributed by atoms with E-state index >= 15 is 0 Å². The molecule has 3 aromatic heterocycles. The second-order valence-electron chi connectivity index (χ2n) is 13.2. The molecule has 0 spiro atoms. The van der Waals surface area contributed by atoms with Crippen molar-refractivity contribution in [3.8, 4) is 33.9 Å². The minimum Gasteiger partial charge on any atom is -0.455 e. The van der Waals surface area contributed by atoms with Gasteiger partial charge in [0.15, 0.2) is 17.0 Å². The number of sulfonamides is 1. The van der Waals surface area contributed by atoms with Gasteiger partial charge in [-0.1, -0.05) is 19.1 Å². The first kappa shape index (κ1) is 33.4. The van der Waals surface area contributed by atoms with Gasteiger partial charge < -0.3 is 23.6 Å². The number of anilines is 1. The predicted molar refractivity (Wildman–Crippen MR) is 188 cm³/mol. The molecule has 6 aromatic rings. The molecule has 1 fully saturated rings. The van der Waals surface area contributed by atoms with Gasteiger partial charge in [-0.2, -0.15) is 4.98 Å². The Bertz CT molecular complexity index is 2320. The van der Waals surface area contributed by atoms with Gasteiger partial charge in [-0.25, -0.2) is 17.8 Å². The molecule has 0 atom stereocenters. The van der Waals surface area contributed by atoms with Crippen LogP contribution in [0.2, 0.25) is 0 Å². The fourth-order valence-corrected chi connectivity index (χ4v) is 7.09. The summed E-state index contributed by atoms with van der Waals surface area (Å²) < 4.78 is 67.0. The van der Waals surface area contributed by atoms with Gasteiger partial charge in [0, 0.05) is 53.3 Å². The maximum Gasteiger partial charge on any atom is 0.255 e. The van der Waals surface area contributed by atoms with Crippen LogP contribution in [-0.4, -0.2) is 63.1 Å². The Morgan fingerprint density at radius 2 is 1.64 bits per heavy atom. The highest BCUT2D eigenvalue weighted by Crippen LogP contribution is 2.44. The molecule has 1 N–H and O–H groups in total. The quantitative estimate of drug-likeness (QED) is 0.178. The smallest absolute Gasteiger partial charge is 0.255 e. The number of aromatic nitrogens is 2. The molecule has 0 bridgehead atoms. The zero-order valence-corrected chi connectivity index (χ0v) is 28.9. The average molecular weight is 699 g/mol. The van der Waals surface area contributed by atoms with E-state index in [1.807, 2.05) is 45.0 Å². The number of hydrogen-bond donors (Lipinski definition) is 1. The standard InChI is InChI=1S/C37H35FN4O7S/c1-36(2)46-20-37(3,21-47-36)19-42(50(5,44)45)28-18-30-27(31(34(43)39-4)32(48-30)22-11-13-25(38)14-12-22)17-26(28)23-8-6-9-24(16-23)35-41-33-29(49-35)10-7-15-40-33/h6-18H,19-21H2,1-5H3,(H,39,43). The average Bonchev–Trinajstić information content (AvgIpc) is 3.70. The molecular formula is C37H35FN4O7S. The van der Waals surface area contributed by atoms with Crippen LogP contribution >= 0.6 is 0 Å². The number of fused-ring (bicyclic) bond motifs is 2. The number of amides is 1. The van der Waals surface area contributed by atoms with E-state index in [0.29, 0.717) is 50.4 Å². The topological polar surface area (TPSA) is 137 Å². The van der Waals surface area contributed by atoms with Crippen molar-refractivity contribution in [2.24, 2.45) is 5.41 Å². The number of halogens is 1. The number of carbonyl (C=O) groups excluding carboxylic acids is 1. The number of nitrogens with zero attached hydrogens (tertiary/aromatic N) is 3. The van der Waals surface area contributed by atoms with E-state index in [1.165, 1.54) is 35.6 Å². The van der Waals surface area contributed by atoms with Crippen molar-refractivity contribution >= 4 is 43.8 Å². The zero-order chi connectivity index (χ0) is 35.4. The summed E-state index contributed by atoms with van der Waals surface area (Å²) >= 11 is 0. The van der Waals surface area contributed by atoms with Gasteiger partial charge in [-0.05, 0) is 74.0 Å². The molecule has 258 valence electrons. The number of ether oxygens (including phenoxy) is 2. The van der Waals surface area contributed by atoms with Gasteiger partial charge in [0.25, 0.3) is 5.91 Å². The normalized spacial score (nSPS) is 15.7. The molecule has 0 aliphatic carbocycles. The lowest BCUT2D eigenvalue weighted by molar-refractivity contribution is -0.280. The Morgan fingerprint density at radius 3 is 2.32 bits per heavy atom. The molecule has 1 saturated heterocycles. The largest absolute Gasteiger partial charge is 0.455 e. The van der Waals surface area contributed by atoms with E-state index in [9.17, 15) is 17.6 Å². The summed E-state index contributed by atoms with van der Waals surface area (Å²) in [5, 5.41) is 3.11. The highest BCUT2D eigenvalue weighted by molar-refractivity contribution is 7.92. The number of nitrogens with one attached hydrogen (secondary N) is 1. The molecule has 0 saturated carbocycles. The van der Waals surface area contributed by atoms with Crippen molar-refractivity contribution in [3.63, 3.8) is 0 Å². The summed E-state index contributed by atoms with van der Waals surface area (Å²) in [4.78, 5) is 22.3. The van der Waals surface area contributed by atoms with Crippen LogP contribution in [0.5, 0.6) is 0 Å². The first-order chi connectivity index (χ1) is 23.7. The predicted octanol–water partition coefficient (Wildman–Crippen LogP) is 7.02. The van der Waals surface area contributed by atoms with E-state index in [4.69, 9.17) is 18.3 Å². The molecule has 4 heterocycles. The van der Waals surface area contributed by atoms with Gasteiger partial charge in [-0.15, -0.1) is 0 Å². The summed E-state index contributed by atoms with van der Waals surface area (Å²) in [6.07, 6.45) is 2.77. The van der Waals surface area contributed by atoms with E-state index in [2.05, 4.69) is 15.3 Å². The van der Waals surface area contributed by atoms with Crippen molar-refractivity contribution in [1.82, 2.24) is 15.3 Å². The first-order valence-electron chi connectivity index (χ1n) is 15.9. The Morgan fingerprint density at radius 1 is 0.920 bits per heavy atom. The molecule has 7 rings (SSSR count). The summed E-state index contributed by atoms with van der Waals surface area (Å²) in [6, 6.07) is 19.8. The third-order valence-electron chi connectivity index (χ3n) is 8.68. The lowest BCUT2D eigenvalue weighted by Gasteiger charge is -2.43. The van der Waals surface area contributed by atoms with Crippen molar-refractivity contribution in [3.05, 3.63) is 90.4 Å². The number of furan rings is 1. The maximum atomic E-state index is 13.9. The Labute approximate surface area is 288 Å². The van der Waals surface area contributed by atoms with Gasteiger partial charge in [-0.3, -0.25) is 9.10 Å². The van der Waals surface area contributed by atoms with E-state index < -0.39 is 32.9 Å². The summed E-state index contributed by atoms with van der Waals surface area (Å²) in [5.74, 6) is -1.13. The van der Waals surface area contributed by atoms with E-state index in [0.717, 1.165) is 6.26 Å². The molecule has 1 aliphatic heterocycles. The Kier molecular flexibility index (Phi) is 8.24. The summed E-state index contributed by atoms with van der Waals surface area (Å²) in [5.41, 5.74) is 3.28. The number of hydrogen-bond acceptors (Lipinski definition) is 9. The van der Waals surface area contributed by atoms with Crippen molar-refractivity contribution in [2.45, 2.75) is 26.6 Å². The summed E-state index contributed by atoms with van der Waals surface area (Å²) in [6.45, 7) is 6.05. The number of benzene rings is 3. The highest BCUT2D eigenvalue weighted by Gasteiger charge is 2.40.